The summed E-state index contributed by atoms with van der Waals surface area (Å²) in [6, 6.07) is 5.48. The maximum absolute atomic E-state index is 13.2. The lowest BCUT2D eigenvalue weighted by Gasteiger charge is -2.43. The van der Waals surface area contributed by atoms with Crippen LogP contribution in [0.5, 0.6) is 0 Å². The lowest BCUT2D eigenvalue weighted by molar-refractivity contribution is -0.165. The first-order chi connectivity index (χ1) is 14.7. The smallest absolute Gasteiger partial charge is 0.314 e. The van der Waals surface area contributed by atoms with Crippen molar-refractivity contribution < 1.29 is 38.9 Å². The Hall–Kier alpha value is -3.01. The van der Waals surface area contributed by atoms with Crippen LogP contribution in [0.25, 0.3) is 0 Å². The minimum atomic E-state index is -1.55. The first kappa shape index (κ1) is 24.3. The highest BCUT2D eigenvalue weighted by atomic mass is 19.1. The van der Waals surface area contributed by atoms with Crippen LogP contribution in [0.4, 0.5) is 4.39 Å². The number of nitrogens with zero attached hydrogens (tertiary/aromatic N) is 2. The SMILES string of the molecule is O=C1CCCN1CCC(=O)N1CC[C@@H](O)[C@](Cc2ccc(F)cc2)(C(=O)O)C1.O=CO. The molecule has 0 unspecified atom stereocenters. The van der Waals surface area contributed by atoms with E-state index in [0.29, 0.717) is 25.1 Å². The Kier molecular flexibility index (Phi) is 8.49. The van der Waals surface area contributed by atoms with Crippen LogP contribution in [-0.4, -0.2) is 81.7 Å². The van der Waals surface area contributed by atoms with Gasteiger partial charge < -0.3 is 25.1 Å². The Balaban J connectivity index is 0.00000107. The van der Waals surface area contributed by atoms with E-state index in [1.54, 1.807) is 4.90 Å². The van der Waals surface area contributed by atoms with E-state index in [1.807, 2.05) is 0 Å². The van der Waals surface area contributed by atoms with Crippen LogP contribution >= 0.6 is 0 Å². The average Bonchev–Trinajstić information content (AvgIpc) is 3.14. The molecule has 0 spiro atoms. The average molecular weight is 438 g/mol. The van der Waals surface area contributed by atoms with Crippen molar-refractivity contribution in [2.75, 3.05) is 26.2 Å². The minimum Gasteiger partial charge on any atom is -0.483 e. The molecule has 2 fully saturated rings. The fourth-order valence-electron chi connectivity index (χ4n) is 4.05. The lowest BCUT2D eigenvalue weighted by atomic mass is 9.72. The first-order valence-electron chi connectivity index (χ1n) is 10.0. The standard InChI is InChI=1S/C20H25FN2O5.CH2O2/c21-15-5-3-14(4-6-15)12-20(19(27)28)13-23(10-7-16(20)24)18(26)8-11-22-9-1-2-17(22)25;2-1-3/h3-6,16,24H,1-2,7-13H2,(H,27,28);1H,(H,2,3)/t16-,20-;/m1./s1. The number of carboxylic acid groups (broad SMARTS) is 2. The normalized spacial score (nSPS) is 23.2. The highest BCUT2D eigenvalue weighted by Gasteiger charge is 2.50. The molecular formula is C21H27FN2O7. The number of carboxylic acids is 1. The van der Waals surface area contributed by atoms with Gasteiger partial charge in [-0.05, 0) is 37.0 Å². The number of halogens is 1. The molecule has 9 nitrogen and oxygen atoms in total. The first-order valence-corrected chi connectivity index (χ1v) is 10.0. The van der Waals surface area contributed by atoms with Gasteiger partial charge in [0.25, 0.3) is 6.47 Å². The molecule has 0 aromatic heterocycles. The Labute approximate surface area is 179 Å². The van der Waals surface area contributed by atoms with Gasteiger partial charge >= 0.3 is 5.97 Å². The third-order valence-corrected chi connectivity index (χ3v) is 5.76. The number of aliphatic carboxylic acids is 1. The predicted octanol–water partition coefficient (Wildman–Crippen LogP) is 0.746. The molecule has 2 aliphatic heterocycles. The number of aliphatic hydroxyl groups excluding tert-OH is 1. The second kappa shape index (κ2) is 10.9. The number of hydrogen-bond donors (Lipinski definition) is 3. The zero-order valence-corrected chi connectivity index (χ0v) is 17.1. The van der Waals surface area contributed by atoms with E-state index in [-0.39, 0.29) is 50.6 Å². The van der Waals surface area contributed by atoms with E-state index >= 15 is 0 Å². The molecule has 10 heteroatoms. The number of rotatable bonds is 6. The van der Waals surface area contributed by atoms with Crippen LogP contribution in [0.15, 0.2) is 24.3 Å². The Morgan fingerprint density at radius 1 is 1.23 bits per heavy atom. The Bertz CT molecular complexity index is 801. The van der Waals surface area contributed by atoms with Crippen LogP contribution in [-0.2, 0) is 25.6 Å². The second-order valence-corrected chi connectivity index (χ2v) is 7.72. The molecule has 0 saturated carbocycles. The van der Waals surface area contributed by atoms with Crippen molar-refractivity contribution in [2.45, 2.75) is 38.2 Å². The van der Waals surface area contributed by atoms with Crippen molar-refractivity contribution >= 4 is 24.3 Å². The maximum Gasteiger partial charge on any atom is 0.314 e. The molecule has 31 heavy (non-hydrogen) atoms. The molecule has 0 radical (unpaired) electrons. The van der Waals surface area contributed by atoms with Gasteiger partial charge in [0, 0.05) is 39.0 Å². The highest BCUT2D eigenvalue weighted by Crippen LogP contribution is 2.35. The number of piperidine rings is 1. The zero-order chi connectivity index (χ0) is 23.0. The number of amides is 2. The van der Waals surface area contributed by atoms with Gasteiger partial charge in [0.2, 0.25) is 11.8 Å². The summed E-state index contributed by atoms with van der Waals surface area (Å²) in [5, 5.41) is 27.3. The quantitative estimate of drug-likeness (QED) is 0.558. The van der Waals surface area contributed by atoms with Crippen molar-refractivity contribution in [1.82, 2.24) is 9.80 Å². The fourth-order valence-corrected chi connectivity index (χ4v) is 4.05. The molecule has 2 heterocycles. The topological polar surface area (TPSA) is 135 Å². The third kappa shape index (κ3) is 6.00. The van der Waals surface area contributed by atoms with Gasteiger partial charge in [-0.15, -0.1) is 0 Å². The van der Waals surface area contributed by atoms with Gasteiger partial charge in [-0.2, -0.15) is 0 Å². The van der Waals surface area contributed by atoms with E-state index in [9.17, 15) is 29.0 Å². The maximum atomic E-state index is 13.2. The summed E-state index contributed by atoms with van der Waals surface area (Å²) in [6.07, 6.45) is 0.472. The van der Waals surface area contributed by atoms with E-state index in [4.69, 9.17) is 9.90 Å². The van der Waals surface area contributed by atoms with Gasteiger partial charge in [-0.3, -0.25) is 19.2 Å². The second-order valence-electron chi connectivity index (χ2n) is 7.72. The largest absolute Gasteiger partial charge is 0.483 e. The zero-order valence-electron chi connectivity index (χ0n) is 17.1. The van der Waals surface area contributed by atoms with Gasteiger partial charge in [0.05, 0.1) is 6.10 Å². The lowest BCUT2D eigenvalue weighted by Crippen LogP contribution is -2.58. The van der Waals surface area contributed by atoms with E-state index in [2.05, 4.69) is 0 Å². The van der Waals surface area contributed by atoms with Crippen molar-refractivity contribution in [3.63, 3.8) is 0 Å². The predicted molar refractivity (Wildman–Crippen MR) is 107 cm³/mol. The molecule has 170 valence electrons. The fraction of sp³-hybridized carbons (Fsp3) is 0.524. The Morgan fingerprint density at radius 3 is 2.42 bits per heavy atom. The molecule has 1 aromatic carbocycles. The van der Waals surface area contributed by atoms with Crippen molar-refractivity contribution in [2.24, 2.45) is 5.41 Å². The highest BCUT2D eigenvalue weighted by molar-refractivity contribution is 5.82. The van der Waals surface area contributed by atoms with Gasteiger partial charge in [0.15, 0.2) is 0 Å². The monoisotopic (exact) mass is 438 g/mol. The third-order valence-electron chi connectivity index (χ3n) is 5.76. The molecule has 2 aliphatic rings. The van der Waals surface area contributed by atoms with Crippen molar-refractivity contribution in [1.29, 1.82) is 0 Å². The summed E-state index contributed by atoms with van der Waals surface area (Å²) in [7, 11) is 0. The van der Waals surface area contributed by atoms with Crippen LogP contribution in [0, 0.1) is 11.2 Å². The summed E-state index contributed by atoms with van der Waals surface area (Å²) in [6.45, 7) is 0.878. The van der Waals surface area contributed by atoms with Gasteiger partial charge in [-0.25, -0.2) is 4.39 Å². The van der Waals surface area contributed by atoms with Gasteiger partial charge in [-0.1, -0.05) is 12.1 Å². The number of carbonyl (C=O) groups excluding carboxylic acids is 2. The van der Waals surface area contributed by atoms with Crippen molar-refractivity contribution in [3.8, 4) is 0 Å². The minimum absolute atomic E-state index is 0.00181. The van der Waals surface area contributed by atoms with E-state index in [1.165, 1.54) is 29.2 Å². The number of carbonyl (C=O) groups is 4. The molecule has 1 aromatic rings. The molecule has 0 aliphatic carbocycles. The van der Waals surface area contributed by atoms with Gasteiger partial charge in [0.1, 0.15) is 11.2 Å². The van der Waals surface area contributed by atoms with Crippen LogP contribution in [0.3, 0.4) is 0 Å². The summed E-state index contributed by atoms with van der Waals surface area (Å²) >= 11 is 0. The summed E-state index contributed by atoms with van der Waals surface area (Å²) in [4.78, 5) is 47.9. The van der Waals surface area contributed by atoms with E-state index in [0.717, 1.165) is 6.42 Å². The van der Waals surface area contributed by atoms with Crippen LogP contribution in [0.1, 0.15) is 31.2 Å². The Morgan fingerprint density at radius 2 is 1.87 bits per heavy atom. The molecular weight excluding hydrogens is 411 g/mol. The van der Waals surface area contributed by atoms with Crippen LogP contribution in [0.2, 0.25) is 0 Å². The number of benzene rings is 1. The number of aliphatic hydroxyl groups is 1. The summed E-state index contributed by atoms with van der Waals surface area (Å²) < 4.78 is 13.2. The number of hydrogen-bond acceptors (Lipinski definition) is 5. The molecule has 2 atom stereocenters. The molecule has 2 amide bonds. The summed E-state index contributed by atoms with van der Waals surface area (Å²) in [5.41, 5.74) is -0.963. The number of likely N-dealkylation sites (tertiary alicyclic amines) is 2. The van der Waals surface area contributed by atoms with Crippen molar-refractivity contribution in [3.05, 3.63) is 35.6 Å². The molecule has 3 N–H and O–H groups in total. The molecule has 0 bridgehead atoms. The molecule has 2 saturated heterocycles. The molecule has 3 rings (SSSR count). The van der Waals surface area contributed by atoms with E-state index < -0.39 is 23.3 Å². The summed E-state index contributed by atoms with van der Waals surface area (Å²) in [5.74, 6) is -1.79. The van der Waals surface area contributed by atoms with Crippen LogP contribution < -0.4 is 0 Å².